The van der Waals surface area contributed by atoms with Crippen LogP contribution in [0.4, 0.5) is 0 Å². The molecule has 83 valence electrons. The zero-order valence-corrected chi connectivity index (χ0v) is 9.55. The Bertz CT molecular complexity index is 640. The van der Waals surface area contributed by atoms with Crippen molar-refractivity contribution in [3.63, 3.8) is 0 Å². The molecule has 0 aliphatic heterocycles. The largest absolute Gasteiger partial charge is 0.356 e. The van der Waals surface area contributed by atoms with Gasteiger partial charge in [-0.2, -0.15) is 0 Å². The normalized spacial score (nSPS) is 10.9. The first kappa shape index (κ1) is 10.1. The molecule has 0 N–H and O–H groups in total. The van der Waals surface area contributed by atoms with Gasteiger partial charge in [-0.05, 0) is 24.1 Å². The van der Waals surface area contributed by atoms with Crippen LogP contribution < -0.4 is 0 Å². The molecule has 0 aliphatic carbocycles. The van der Waals surface area contributed by atoms with E-state index < -0.39 is 0 Å². The smallest absolute Gasteiger partial charge is 0.167 e. The maximum Gasteiger partial charge on any atom is 0.167 e. The van der Waals surface area contributed by atoms with E-state index in [1.54, 1.807) is 0 Å². The summed E-state index contributed by atoms with van der Waals surface area (Å²) in [5.41, 5.74) is 4.00. The fourth-order valence-electron chi connectivity index (χ4n) is 1.94. The zero-order valence-electron chi connectivity index (χ0n) is 9.55. The van der Waals surface area contributed by atoms with E-state index in [4.69, 9.17) is 4.52 Å². The number of fused-ring (bicyclic) bond motifs is 1. The van der Waals surface area contributed by atoms with E-state index in [1.165, 1.54) is 5.56 Å². The Morgan fingerprint density at radius 3 is 2.65 bits per heavy atom. The standard InChI is InChI=1S/C15H12NO/c1-2-11-8-9-14-13(10-11)15(16-17-14)12-6-4-3-5-7-12/h2-10H,1H3. The summed E-state index contributed by atoms with van der Waals surface area (Å²) in [4.78, 5) is 0. The Morgan fingerprint density at radius 1 is 1.06 bits per heavy atom. The number of aromatic nitrogens is 1. The molecule has 0 saturated carbocycles. The molecular formula is C15H12NO. The Kier molecular flexibility index (Phi) is 2.41. The number of hydrogen-bond acceptors (Lipinski definition) is 2. The topological polar surface area (TPSA) is 26.0 Å². The Morgan fingerprint density at radius 2 is 1.88 bits per heavy atom. The van der Waals surface area contributed by atoms with E-state index >= 15 is 0 Å². The molecule has 0 amide bonds. The van der Waals surface area contributed by atoms with Crippen LogP contribution in [-0.2, 0) is 0 Å². The molecule has 2 nitrogen and oxygen atoms in total. The first-order valence-corrected chi connectivity index (χ1v) is 5.63. The molecule has 0 atom stereocenters. The lowest BCUT2D eigenvalue weighted by atomic mass is 10.1. The van der Waals surface area contributed by atoms with Gasteiger partial charge in [0.05, 0.1) is 0 Å². The average Bonchev–Trinajstić information content (AvgIpc) is 2.82. The maximum absolute atomic E-state index is 5.34. The molecule has 0 saturated heterocycles. The molecule has 1 heterocycles. The van der Waals surface area contributed by atoms with E-state index in [9.17, 15) is 0 Å². The third-order valence-corrected chi connectivity index (χ3v) is 2.87. The van der Waals surface area contributed by atoms with Crippen molar-refractivity contribution in [1.29, 1.82) is 0 Å². The third kappa shape index (κ3) is 1.72. The quantitative estimate of drug-likeness (QED) is 0.653. The second-order valence-electron chi connectivity index (χ2n) is 3.94. The van der Waals surface area contributed by atoms with Crippen LogP contribution in [-0.4, -0.2) is 5.16 Å². The van der Waals surface area contributed by atoms with Crippen LogP contribution in [0, 0.1) is 6.42 Å². The predicted molar refractivity (Wildman–Crippen MR) is 68.5 cm³/mol. The minimum absolute atomic E-state index is 0.828. The van der Waals surface area contributed by atoms with Crippen LogP contribution >= 0.6 is 0 Å². The Balaban J connectivity index is 2.23. The predicted octanol–water partition coefficient (Wildman–Crippen LogP) is 4.07. The van der Waals surface area contributed by atoms with Gasteiger partial charge in [0.2, 0.25) is 0 Å². The molecule has 0 unspecified atom stereocenters. The molecule has 0 aliphatic rings. The summed E-state index contributed by atoms with van der Waals surface area (Å²) in [5.74, 6) is 0. The van der Waals surface area contributed by atoms with Crippen LogP contribution in [0.15, 0.2) is 53.1 Å². The zero-order chi connectivity index (χ0) is 11.7. The summed E-state index contributed by atoms with van der Waals surface area (Å²) in [6.07, 6.45) is 2.07. The van der Waals surface area contributed by atoms with E-state index in [1.807, 2.05) is 49.4 Å². The van der Waals surface area contributed by atoms with Gasteiger partial charge in [0.25, 0.3) is 0 Å². The monoisotopic (exact) mass is 222 g/mol. The van der Waals surface area contributed by atoms with Gasteiger partial charge in [0.15, 0.2) is 5.58 Å². The highest BCUT2D eigenvalue weighted by Gasteiger charge is 2.10. The highest BCUT2D eigenvalue weighted by molar-refractivity contribution is 5.92. The summed E-state index contributed by atoms with van der Waals surface area (Å²) in [7, 11) is 0. The van der Waals surface area contributed by atoms with Crippen molar-refractivity contribution in [1.82, 2.24) is 5.16 Å². The molecule has 1 aromatic heterocycles. The van der Waals surface area contributed by atoms with Crippen LogP contribution in [0.25, 0.3) is 22.2 Å². The third-order valence-electron chi connectivity index (χ3n) is 2.87. The first-order valence-electron chi connectivity index (χ1n) is 5.63. The number of benzene rings is 2. The van der Waals surface area contributed by atoms with E-state index in [0.29, 0.717) is 0 Å². The fraction of sp³-hybridized carbons (Fsp3) is 0.0667. The minimum Gasteiger partial charge on any atom is -0.356 e. The van der Waals surface area contributed by atoms with Crippen LogP contribution in [0.2, 0.25) is 0 Å². The fourth-order valence-corrected chi connectivity index (χ4v) is 1.94. The van der Waals surface area contributed by atoms with Gasteiger partial charge in [-0.1, -0.05) is 48.5 Å². The molecule has 0 spiro atoms. The first-order chi connectivity index (χ1) is 8.38. The summed E-state index contributed by atoms with van der Waals surface area (Å²) in [6, 6.07) is 16.2. The van der Waals surface area contributed by atoms with Gasteiger partial charge < -0.3 is 4.52 Å². The average molecular weight is 222 g/mol. The molecule has 1 radical (unpaired) electrons. The highest BCUT2D eigenvalue weighted by atomic mass is 16.5. The van der Waals surface area contributed by atoms with Gasteiger partial charge in [0.1, 0.15) is 5.69 Å². The lowest BCUT2D eigenvalue weighted by Crippen LogP contribution is -1.79. The van der Waals surface area contributed by atoms with Crippen LogP contribution in [0.5, 0.6) is 0 Å². The number of rotatable bonds is 2. The molecular weight excluding hydrogens is 210 g/mol. The number of nitrogens with zero attached hydrogens (tertiary/aromatic N) is 1. The molecule has 0 bridgehead atoms. The Hall–Kier alpha value is -2.09. The molecule has 2 heteroatoms. The van der Waals surface area contributed by atoms with E-state index in [-0.39, 0.29) is 0 Å². The van der Waals surface area contributed by atoms with Crippen molar-refractivity contribution in [2.24, 2.45) is 0 Å². The second kappa shape index (κ2) is 4.06. The summed E-state index contributed by atoms with van der Waals surface area (Å²) in [5, 5.41) is 5.21. The lowest BCUT2D eigenvalue weighted by molar-refractivity contribution is 0.459. The summed E-state index contributed by atoms with van der Waals surface area (Å²) >= 11 is 0. The summed E-state index contributed by atoms with van der Waals surface area (Å²) < 4.78 is 5.34. The molecule has 3 rings (SSSR count). The van der Waals surface area contributed by atoms with Crippen molar-refractivity contribution >= 4 is 11.0 Å². The van der Waals surface area contributed by atoms with Crippen molar-refractivity contribution in [2.45, 2.75) is 6.92 Å². The van der Waals surface area contributed by atoms with E-state index in [2.05, 4.69) is 17.6 Å². The molecule has 0 fully saturated rings. The SMILES string of the molecule is C[CH]c1ccc2onc(-c3ccccc3)c2c1. The molecule has 2 aromatic carbocycles. The van der Waals surface area contributed by atoms with Crippen molar-refractivity contribution < 1.29 is 4.52 Å². The molecule has 17 heavy (non-hydrogen) atoms. The van der Waals surface area contributed by atoms with Gasteiger partial charge >= 0.3 is 0 Å². The van der Waals surface area contributed by atoms with Crippen LogP contribution in [0.1, 0.15) is 12.5 Å². The van der Waals surface area contributed by atoms with Crippen molar-refractivity contribution in [3.05, 3.63) is 60.5 Å². The maximum atomic E-state index is 5.34. The lowest BCUT2D eigenvalue weighted by Gasteiger charge is -1.97. The van der Waals surface area contributed by atoms with E-state index in [0.717, 1.165) is 22.2 Å². The minimum atomic E-state index is 0.828. The number of hydrogen-bond donors (Lipinski definition) is 0. The Labute approximate surface area is 99.9 Å². The van der Waals surface area contributed by atoms with Gasteiger partial charge in [-0.25, -0.2) is 0 Å². The second-order valence-corrected chi connectivity index (χ2v) is 3.94. The van der Waals surface area contributed by atoms with Gasteiger partial charge in [-0.15, -0.1) is 0 Å². The molecule has 3 aromatic rings. The van der Waals surface area contributed by atoms with Crippen molar-refractivity contribution in [2.75, 3.05) is 0 Å². The highest BCUT2D eigenvalue weighted by Crippen LogP contribution is 2.28. The summed E-state index contributed by atoms with van der Waals surface area (Å²) in [6.45, 7) is 2.02. The van der Waals surface area contributed by atoms with Gasteiger partial charge in [0, 0.05) is 10.9 Å². The van der Waals surface area contributed by atoms with Gasteiger partial charge in [-0.3, -0.25) is 0 Å². The van der Waals surface area contributed by atoms with Crippen molar-refractivity contribution in [3.8, 4) is 11.3 Å². The van der Waals surface area contributed by atoms with Crippen LogP contribution in [0.3, 0.4) is 0 Å².